The predicted octanol–water partition coefficient (Wildman–Crippen LogP) is 2.49. The first-order valence-corrected chi connectivity index (χ1v) is 8.63. The molecule has 0 unspecified atom stereocenters. The van der Waals surface area contributed by atoms with Crippen molar-refractivity contribution in [2.45, 2.75) is 19.2 Å². The third-order valence-corrected chi connectivity index (χ3v) is 4.63. The Balaban J connectivity index is 1.69. The zero-order valence-corrected chi connectivity index (χ0v) is 13.0. The average molecular weight is 315 g/mol. The molecule has 114 valence electrons. The second-order valence-electron chi connectivity index (χ2n) is 5.27. The Kier molecular flexibility index (Phi) is 3.96. The fourth-order valence-corrected chi connectivity index (χ4v) is 3.42. The fourth-order valence-electron chi connectivity index (χ4n) is 2.34. The van der Waals surface area contributed by atoms with Crippen molar-refractivity contribution < 1.29 is 8.42 Å². The highest BCUT2D eigenvalue weighted by molar-refractivity contribution is 7.88. The van der Waals surface area contributed by atoms with Gasteiger partial charge in [0.2, 0.25) is 10.0 Å². The number of hydrogen-bond donors (Lipinski definition) is 2. The van der Waals surface area contributed by atoms with Crippen LogP contribution in [0.1, 0.15) is 17.0 Å². The normalized spacial score (nSPS) is 11.9. The summed E-state index contributed by atoms with van der Waals surface area (Å²) < 4.78 is 26.9. The molecule has 3 rings (SSSR count). The standard InChI is InChI=1S/C16H17N3O2S/c1-12-5-4-6-13(9-12)11-22(20,21)17-10-16-18-14-7-2-3-8-15(14)19-16/h2-9,17H,10-11H2,1H3,(H,18,19). The second kappa shape index (κ2) is 5.90. The van der Waals surface area contributed by atoms with E-state index in [0.717, 1.165) is 22.2 Å². The Bertz CT molecular complexity index is 867. The van der Waals surface area contributed by atoms with Crippen molar-refractivity contribution in [1.29, 1.82) is 0 Å². The Hall–Kier alpha value is -2.18. The molecule has 0 spiro atoms. The van der Waals surface area contributed by atoms with Crippen LogP contribution in [0, 0.1) is 6.92 Å². The number of para-hydroxylation sites is 2. The van der Waals surface area contributed by atoms with E-state index in [1.807, 2.05) is 55.5 Å². The van der Waals surface area contributed by atoms with Crippen LogP contribution in [0.5, 0.6) is 0 Å². The third-order valence-electron chi connectivity index (χ3n) is 3.34. The molecule has 6 heteroatoms. The van der Waals surface area contributed by atoms with Crippen molar-refractivity contribution in [3.05, 3.63) is 65.5 Å². The molecule has 0 amide bonds. The number of imidazole rings is 1. The van der Waals surface area contributed by atoms with Crippen LogP contribution in [0.25, 0.3) is 11.0 Å². The predicted molar refractivity (Wildman–Crippen MR) is 86.7 cm³/mol. The molecule has 0 atom stereocenters. The van der Waals surface area contributed by atoms with Gasteiger partial charge < -0.3 is 4.98 Å². The summed E-state index contributed by atoms with van der Waals surface area (Å²) in [5.41, 5.74) is 3.55. The van der Waals surface area contributed by atoms with Crippen LogP contribution in [-0.4, -0.2) is 18.4 Å². The monoisotopic (exact) mass is 315 g/mol. The summed E-state index contributed by atoms with van der Waals surface area (Å²) >= 11 is 0. The van der Waals surface area contributed by atoms with Crippen molar-refractivity contribution in [1.82, 2.24) is 14.7 Å². The molecule has 0 aliphatic carbocycles. The van der Waals surface area contributed by atoms with E-state index < -0.39 is 10.0 Å². The van der Waals surface area contributed by atoms with Gasteiger partial charge in [-0.1, -0.05) is 42.0 Å². The zero-order chi connectivity index (χ0) is 15.6. The van der Waals surface area contributed by atoms with E-state index in [9.17, 15) is 8.42 Å². The lowest BCUT2D eigenvalue weighted by Crippen LogP contribution is -2.25. The molecule has 2 aromatic carbocycles. The number of rotatable bonds is 5. The number of nitrogens with one attached hydrogen (secondary N) is 2. The number of hydrogen-bond acceptors (Lipinski definition) is 3. The SMILES string of the molecule is Cc1cccc(CS(=O)(=O)NCc2nc3ccccc3[nH]2)c1. The highest BCUT2D eigenvalue weighted by Crippen LogP contribution is 2.11. The first-order chi connectivity index (χ1) is 10.5. The lowest BCUT2D eigenvalue weighted by atomic mass is 10.2. The molecule has 0 aliphatic rings. The Morgan fingerprint density at radius 3 is 2.73 bits per heavy atom. The van der Waals surface area contributed by atoms with Crippen LogP contribution in [0.3, 0.4) is 0 Å². The van der Waals surface area contributed by atoms with Gasteiger partial charge in [0, 0.05) is 0 Å². The minimum atomic E-state index is -3.40. The molecule has 0 saturated carbocycles. The molecule has 22 heavy (non-hydrogen) atoms. The maximum absolute atomic E-state index is 12.1. The average Bonchev–Trinajstić information content (AvgIpc) is 2.88. The molecule has 1 heterocycles. The van der Waals surface area contributed by atoms with E-state index in [2.05, 4.69) is 14.7 Å². The summed E-state index contributed by atoms with van der Waals surface area (Å²) in [5.74, 6) is 0.573. The van der Waals surface area contributed by atoms with Crippen LogP contribution < -0.4 is 4.72 Å². The minimum absolute atomic E-state index is 0.0328. The van der Waals surface area contributed by atoms with Crippen molar-refractivity contribution in [3.63, 3.8) is 0 Å². The summed E-state index contributed by atoms with van der Waals surface area (Å²) in [5, 5.41) is 0. The molecule has 0 fully saturated rings. The van der Waals surface area contributed by atoms with Crippen molar-refractivity contribution in [3.8, 4) is 0 Å². The highest BCUT2D eigenvalue weighted by Gasteiger charge is 2.12. The summed E-state index contributed by atoms with van der Waals surface area (Å²) in [4.78, 5) is 7.46. The Labute approximate surface area is 129 Å². The maximum atomic E-state index is 12.1. The number of benzene rings is 2. The van der Waals surface area contributed by atoms with E-state index in [1.54, 1.807) is 0 Å². The summed E-state index contributed by atoms with van der Waals surface area (Å²) in [7, 11) is -3.40. The van der Waals surface area contributed by atoms with Gasteiger partial charge in [-0.15, -0.1) is 0 Å². The van der Waals surface area contributed by atoms with E-state index in [4.69, 9.17) is 0 Å². The van der Waals surface area contributed by atoms with E-state index in [0.29, 0.717) is 5.82 Å². The van der Waals surface area contributed by atoms with Crippen molar-refractivity contribution >= 4 is 21.1 Å². The maximum Gasteiger partial charge on any atom is 0.216 e. The topological polar surface area (TPSA) is 74.8 Å². The van der Waals surface area contributed by atoms with Gasteiger partial charge in [-0.3, -0.25) is 0 Å². The first-order valence-electron chi connectivity index (χ1n) is 6.98. The van der Waals surface area contributed by atoms with E-state index in [-0.39, 0.29) is 12.3 Å². The van der Waals surface area contributed by atoms with Crippen molar-refractivity contribution in [2.24, 2.45) is 0 Å². The lowest BCUT2D eigenvalue weighted by molar-refractivity contribution is 0.579. The molecular weight excluding hydrogens is 298 g/mol. The molecule has 3 aromatic rings. The molecular formula is C16H17N3O2S. The summed E-state index contributed by atoms with van der Waals surface area (Å²) in [6, 6.07) is 15.1. The van der Waals surface area contributed by atoms with Crippen LogP contribution in [0.4, 0.5) is 0 Å². The van der Waals surface area contributed by atoms with Gasteiger partial charge in [-0.25, -0.2) is 18.1 Å². The third kappa shape index (κ3) is 3.52. The van der Waals surface area contributed by atoms with Crippen LogP contribution in [-0.2, 0) is 22.3 Å². The van der Waals surface area contributed by atoms with Gasteiger partial charge >= 0.3 is 0 Å². The quantitative estimate of drug-likeness (QED) is 0.759. The molecule has 0 aliphatic heterocycles. The molecule has 0 radical (unpaired) electrons. The van der Waals surface area contributed by atoms with E-state index in [1.165, 1.54) is 0 Å². The Morgan fingerprint density at radius 2 is 1.95 bits per heavy atom. The van der Waals surface area contributed by atoms with Gasteiger partial charge in [0.1, 0.15) is 5.82 Å². The zero-order valence-electron chi connectivity index (χ0n) is 12.2. The van der Waals surface area contributed by atoms with Gasteiger partial charge in [-0.05, 0) is 24.6 Å². The fraction of sp³-hybridized carbons (Fsp3) is 0.188. The smallest absolute Gasteiger partial charge is 0.216 e. The number of nitrogens with zero attached hydrogens (tertiary/aromatic N) is 1. The molecule has 5 nitrogen and oxygen atoms in total. The summed E-state index contributed by atoms with van der Waals surface area (Å²) in [6.45, 7) is 2.10. The molecule has 2 N–H and O–H groups in total. The van der Waals surface area contributed by atoms with Gasteiger partial charge in [-0.2, -0.15) is 0 Å². The van der Waals surface area contributed by atoms with Crippen molar-refractivity contribution in [2.75, 3.05) is 0 Å². The first kappa shape index (κ1) is 14.7. The van der Waals surface area contributed by atoms with Crippen LogP contribution in [0.15, 0.2) is 48.5 Å². The number of sulfonamides is 1. The Morgan fingerprint density at radius 1 is 1.14 bits per heavy atom. The molecule has 0 saturated heterocycles. The highest BCUT2D eigenvalue weighted by atomic mass is 32.2. The van der Waals surface area contributed by atoms with Crippen LogP contribution in [0.2, 0.25) is 0 Å². The number of fused-ring (bicyclic) bond motifs is 1. The van der Waals surface area contributed by atoms with Gasteiger partial charge in [0.25, 0.3) is 0 Å². The minimum Gasteiger partial charge on any atom is -0.341 e. The number of aromatic nitrogens is 2. The number of aromatic amines is 1. The number of aryl methyl sites for hydroxylation is 1. The lowest BCUT2D eigenvalue weighted by Gasteiger charge is -2.06. The largest absolute Gasteiger partial charge is 0.341 e. The second-order valence-corrected chi connectivity index (χ2v) is 7.08. The van der Waals surface area contributed by atoms with Gasteiger partial charge in [0.05, 0.1) is 23.3 Å². The van der Waals surface area contributed by atoms with Crippen LogP contribution >= 0.6 is 0 Å². The summed E-state index contributed by atoms with van der Waals surface area (Å²) in [6.07, 6.45) is 0. The molecule has 0 bridgehead atoms. The van der Waals surface area contributed by atoms with E-state index >= 15 is 0 Å². The van der Waals surface area contributed by atoms with Gasteiger partial charge in [0.15, 0.2) is 0 Å². The molecule has 1 aromatic heterocycles. The number of H-pyrrole nitrogens is 1.